The molecule has 0 saturated carbocycles. The van der Waals surface area contributed by atoms with Crippen molar-refractivity contribution in [3.05, 3.63) is 11.6 Å². The number of morpholine rings is 1. The lowest BCUT2D eigenvalue weighted by atomic mass is 10.2. The van der Waals surface area contributed by atoms with Crippen molar-refractivity contribution < 1.29 is 9.53 Å². The Kier molecular flexibility index (Phi) is 4.72. The molecule has 0 bridgehead atoms. The van der Waals surface area contributed by atoms with Crippen LogP contribution in [0.4, 0.5) is 0 Å². The number of H-pyrrole nitrogens is 1. The number of aryl methyl sites for hydroxylation is 1. The van der Waals surface area contributed by atoms with E-state index in [1.807, 2.05) is 27.7 Å². The summed E-state index contributed by atoms with van der Waals surface area (Å²) in [7, 11) is 0. The third-order valence-corrected chi connectivity index (χ3v) is 3.24. The summed E-state index contributed by atoms with van der Waals surface area (Å²) in [6.07, 6.45) is 0.333. The van der Waals surface area contributed by atoms with Gasteiger partial charge in [-0.25, -0.2) is 4.98 Å². The molecule has 0 radical (unpaired) electrons. The van der Waals surface area contributed by atoms with E-state index in [4.69, 9.17) is 4.74 Å². The number of aromatic amines is 1. The first-order valence-electron chi connectivity index (χ1n) is 7.00. The molecule has 112 valence electrons. The van der Waals surface area contributed by atoms with Crippen LogP contribution in [0.5, 0.6) is 0 Å². The van der Waals surface area contributed by atoms with Crippen molar-refractivity contribution in [2.75, 3.05) is 19.6 Å². The topological polar surface area (TPSA) is 83.1 Å². The van der Waals surface area contributed by atoms with Crippen molar-refractivity contribution in [2.45, 2.75) is 45.9 Å². The van der Waals surface area contributed by atoms with Gasteiger partial charge in [0, 0.05) is 13.1 Å². The molecule has 0 aliphatic carbocycles. The van der Waals surface area contributed by atoms with E-state index >= 15 is 0 Å². The number of hydrogen-bond acceptors (Lipinski definition) is 5. The van der Waals surface area contributed by atoms with E-state index in [9.17, 15) is 4.79 Å². The zero-order chi connectivity index (χ0) is 14.7. The second-order valence-corrected chi connectivity index (χ2v) is 5.52. The zero-order valence-electron chi connectivity index (χ0n) is 12.5. The molecule has 0 unspecified atom stereocenters. The lowest BCUT2D eigenvalue weighted by molar-refractivity contribution is -0.126. The average molecular weight is 281 g/mol. The third kappa shape index (κ3) is 4.01. The van der Waals surface area contributed by atoms with E-state index in [2.05, 4.69) is 25.4 Å². The molecule has 2 heterocycles. The van der Waals surface area contributed by atoms with E-state index in [-0.39, 0.29) is 24.2 Å². The smallest absolute Gasteiger partial charge is 0.234 e. The standard InChI is InChI=1S/C13H23N5O2/c1-8-5-18(6-9(2)20-8)7-12(19)14-10(3)13-15-11(4)16-17-13/h8-10H,5-7H2,1-4H3,(H,14,19)(H,15,16,17)/t8-,9+,10-/m1/s1. The monoisotopic (exact) mass is 281 g/mol. The Morgan fingerprint density at radius 2 is 2.15 bits per heavy atom. The average Bonchev–Trinajstić information content (AvgIpc) is 2.74. The van der Waals surface area contributed by atoms with Crippen LogP contribution in [-0.2, 0) is 9.53 Å². The molecule has 2 N–H and O–H groups in total. The van der Waals surface area contributed by atoms with Crippen molar-refractivity contribution in [1.82, 2.24) is 25.4 Å². The molecule has 3 atom stereocenters. The van der Waals surface area contributed by atoms with Crippen LogP contribution in [-0.4, -0.2) is 57.8 Å². The minimum Gasteiger partial charge on any atom is -0.373 e. The van der Waals surface area contributed by atoms with Crippen LogP contribution in [0.25, 0.3) is 0 Å². The highest BCUT2D eigenvalue weighted by Crippen LogP contribution is 2.11. The molecule has 1 aromatic heterocycles. The van der Waals surface area contributed by atoms with Crippen molar-refractivity contribution in [2.24, 2.45) is 0 Å². The van der Waals surface area contributed by atoms with Gasteiger partial charge >= 0.3 is 0 Å². The fraction of sp³-hybridized carbons (Fsp3) is 0.769. The number of hydrogen-bond donors (Lipinski definition) is 2. The second-order valence-electron chi connectivity index (χ2n) is 5.52. The number of ether oxygens (including phenoxy) is 1. The quantitative estimate of drug-likeness (QED) is 0.834. The number of nitrogens with zero attached hydrogens (tertiary/aromatic N) is 3. The Morgan fingerprint density at radius 3 is 2.70 bits per heavy atom. The Morgan fingerprint density at radius 1 is 1.50 bits per heavy atom. The fourth-order valence-electron chi connectivity index (χ4n) is 2.52. The first-order chi connectivity index (χ1) is 9.44. The number of rotatable bonds is 4. The first-order valence-corrected chi connectivity index (χ1v) is 7.00. The van der Waals surface area contributed by atoms with Gasteiger partial charge in [-0.15, -0.1) is 0 Å². The largest absolute Gasteiger partial charge is 0.373 e. The molecular weight excluding hydrogens is 258 g/mol. The van der Waals surface area contributed by atoms with E-state index in [1.165, 1.54) is 0 Å². The van der Waals surface area contributed by atoms with Gasteiger partial charge in [0.1, 0.15) is 5.82 Å². The van der Waals surface area contributed by atoms with Gasteiger partial charge in [-0.2, -0.15) is 5.10 Å². The minimum absolute atomic E-state index is 0.0127. The van der Waals surface area contributed by atoms with Crippen LogP contribution in [0.2, 0.25) is 0 Å². The summed E-state index contributed by atoms with van der Waals surface area (Å²) < 4.78 is 5.65. The maximum Gasteiger partial charge on any atom is 0.234 e. The SMILES string of the molecule is Cc1nc([C@@H](C)NC(=O)CN2C[C@@H](C)O[C@@H](C)C2)n[nH]1. The van der Waals surface area contributed by atoms with Crippen molar-refractivity contribution in [3.63, 3.8) is 0 Å². The van der Waals surface area contributed by atoms with Gasteiger partial charge in [0.05, 0.1) is 24.8 Å². The molecule has 0 spiro atoms. The molecule has 2 rings (SSSR count). The summed E-state index contributed by atoms with van der Waals surface area (Å²) >= 11 is 0. The molecule has 7 nitrogen and oxygen atoms in total. The zero-order valence-corrected chi connectivity index (χ0v) is 12.5. The third-order valence-electron chi connectivity index (χ3n) is 3.24. The summed E-state index contributed by atoms with van der Waals surface area (Å²) in [4.78, 5) is 18.4. The summed E-state index contributed by atoms with van der Waals surface area (Å²) in [5.74, 6) is 1.35. The van der Waals surface area contributed by atoms with E-state index in [1.54, 1.807) is 0 Å². The number of nitrogens with one attached hydrogen (secondary N) is 2. The Labute approximate surface area is 119 Å². The Bertz CT molecular complexity index is 451. The summed E-state index contributed by atoms with van der Waals surface area (Å²) in [5.41, 5.74) is 0. The number of carbonyl (C=O) groups excluding carboxylic acids is 1. The maximum atomic E-state index is 12.1. The van der Waals surface area contributed by atoms with Crippen molar-refractivity contribution in [1.29, 1.82) is 0 Å². The lowest BCUT2D eigenvalue weighted by Crippen LogP contribution is -2.49. The van der Waals surface area contributed by atoms with Crippen LogP contribution < -0.4 is 5.32 Å². The molecule has 1 aliphatic heterocycles. The van der Waals surface area contributed by atoms with Crippen LogP contribution in [0.15, 0.2) is 0 Å². The molecule has 1 aromatic rings. The van der Waals surface area contributed by atoms with Gasteiger partial charge in [0.15, 0.2) is 5.82 Å². The van der Waals surface area contributed by atoms with Crippen LogP contribution in [0.3, 0.4) is 0 Å². The Balaban J connectivity index is 1.83. The molecule has 1 fully saturated rings. The lowest BCUT2D eigenvalue weighted by Gasteiger charge is -2.34. The van der Waals surface area contributed by atoms with E-state index in [0.717, 1.165) is 18.9 Å². The molecule has 1 amide bonds. The van der Waals surface area contributed by atoms with Crippen molar-refractivity contribution >= 4 is 5.91 Å². The molecule has 20 heavy (non-hydrogen) atoms. The van der Waals surface area contributed by atoms with Gasteiger partial charge in [-0.1, -0.05) is 0 Å². The second kappa shape index (κ2) is 6.32. The summed E-state index contributed by atoms with van der Waals surface area (Å²) in [6, 6.07) is -0.191. The predicted molar refractivity (Wildman–Crippen MR) is 74.1 cm³/mol. The van der Waals surface area contributed by atoms with Crippen LogP contribution >= 0.6 is 0 Å². The summed E-state index contributed by atoms with van der Waals surface area (Å²) in [6.45, 7) is 9.72. The number of aromatic nitrogens is 3. The van der Waals surface area contributed by atoms with Gasteiger partial charge in [0.25, 0.3) is 0 Å². The molecule has 1 aliphatic rings. The normalized spacial score (nSPS) is 25.4. The van der Waals surface area contributed by atoms with E-state index < -0.39 is 0 Å². The van der Waals surface area contributed by atoms with Gasteiger partial charge < -0.3 is 10.1 Å². The number of carbonyl (C=O) groups is 1. The molecule has 1 saturated heterocycles. The highest BCUT2D eigenvalue weighted by molar-refractivity contribution is 5.78. The van der Waals surface area contributed by atoms with Crippen LogP contribution in [0, 0.1) is 6.92 Å². The Hall–Kier alpha value is -1.47. The molecule has 7 heteroatoms. The highest BCUT2D eigenvalue weighted by Gasteiger charge is 2.24. The maximum absolute atomic E-state index is 12.1. The molecule has 0 aromatic carbocycles. The number of amides is 1. The van der Waals surface area contributed by atoms with Crippen LogP contribution in [0.1, 0.15) is 38.5 Å². The first kappa shape index (κ1) is 14.9. The molecular formula is C13H23N5O2. The van der Waals surface area contributed by atoms with Gasteiger partial charge in [-0.05, 0) is 27.7 Å². The predicted octanol–water partition coefficient (Wildman–Crippen LogP) is 0.400. The van der Waals surface area contributed by atoms with Gasteiger partial charge in [0.2, 0.25) is 5.91 Å². The summed E-state index contributed by atoms with van der Waals surface area (Å²) in [5, 5.41) is 9.75. The van der Waals surface area contributed by atoms with Gasteiger partial charge in [-0.3, -0.25) is 14.8 Å². The highest BCUT2D eigenvalue weighted by atomic mass is 16.5. The minimum atomic E-state index is -0.191. The fourth-order valence-corrected chi connectivity index (χ4v) is 2.52. The van der Waals surface area contributed by atoms with E-state index in [0.29, 0.717) is 12.4 Å². The van der Waals surface area contributed by atoms with Crippen molar-refractivity contribution in [3.8, 4) is 0 Å².